The lowest BCUT2D eigenvalue weighted by atomic mass is 9.41. The highest BCUT2D eigenvalue weighted by molar-refractivity contribution is 7.96. The van der Waals surface area contributed by atoms with Crippen molar-refractivity contribution in [3.8, 4) is 0 Å². The molecule has 2 N–H and O–H groups in total. The third-order valence-electron chi connectivity index (χ3n) is 6.40. The molecule has 0 spiro atoms. The number of rotatable bonds is 7. The fourth-order valence-electron chi connectivity index (χ4n) is 5.73. The van der Waals surface area contributed by atoms with E-state index in [4.69, 9.17) is 9.99 Å². The maximum absolute atomic E-state index is 13.6. The van der Waals surface area contributed by atoms with Crippen molar-refractivity contribution < 1.29 is 38.0 Å². The van der Waals surface area contributed by atoms with E-state index < -0.39 is 28.9 Å². The second-order valence-electron chi connectivity index (χ2n) is 8.62. The zero-order valence-corrected chi connectivity index (χ0v) is 15.1. The monoisotopic (exact) mass is 382 g/mol. The number of alkyl halides is 2. The minimum atomic E-state index is -3.97. The number of aliphatic hydroxyl groups is 1. The third kappa shape index (κ3) is 3.53. The first kappa shape index (κ1) is 19.3. The van der Waals surface area contributed by atoms with Gasteiger partial charge in [0.25, 0.3) is 0 Å². The van der Waals surface area contributed by atoms with Crippen molar-refractivity contribution in [3.63, 3.8) is 0 Å². The number of carbonyl (C=O) groups excluding carboxylic acids is 1. The van der Waals surface area contributed by atoms with Crippen molar-refractivity contribution in [3.05, 3.63) is 0 Å². The Kier molecular flexibility index (Phi) is 4.86. The van der Waals surface area contributed by atoms with Gasteiger partial charge in [-0.25, -0.2) is 10.1 Å². The van der Waals surface area contributed by atoms with E-state index in [1.54, 1.807) is 0 Å². The predicted molar refractivity (Wildman–Crippen MR) is 84.1 cm³/mol. The van der Waals surface area contributed by atoms with Crippen LogP contribution in [-0.2, 0) is 18.9 Å². The van der Waals surface area contributed by atoms with Gasteiger partial charge >= 0.3 is 11.2 Å². The lowest BCUT2D eigenvalue weighted by molar-refractivity contribution is -0.433. The Labute approximate surface area is 149 Å². The smallest absolute Gasteiger partial charge is 0.415 e. The molecule has 0 aliphatic heterocycles. The number of halogens is 2. The Morgan fingerprint density at radius 1 is 1.24 bits per heavy atom. The highest BCUT2D eigenvalue weighted by Crippen LogP contribution is 2.68. The van der Waals surface area contributed by atoms with Crippen LogP contribution < -0.4 is 0 Å². The highest BCUT2D eigenvalue weighted by atomic mass is 32.2. The lowest BCUT2D eigenvalue weighted by Gasteiger charge is -2.65. The molecule has 0 saturated heterocycles. The Balaban J connectivity index is 1.69. The molecule has 4 saturated carbocycles. The van der Waals surface area contributed by atoms with Crippen LogP contribution in [0.4, 0.5) is 8.78 Å². The van der Waals surface area contributed by atoms with Gasteiger partial charge in [0.15, 0.2) is 0 Å². The normalized spacial score (nSPS) is 37.4. The molecule has 0 aromatic carbocycles. The first-order chi connectivity index (χ1) is 11.5. The fourth-order valence-corrected chi connectivity index (χ4v) is 5.97. The standard InChI is InChI=1S/C16H24F2O6S/c1-13(2,20)15-6-10-3-11(7-15)5-14(4-10,8-15)9-22-12(19)16(17,18)25-24-23-21/h10-11,20-21H,3-9H2,1-2H3. The molecule has 0 aromatic heterocycles. The molecule has 4 bridgehead atoms. The molecule has 0 aromatic rings. The SMILES string of the molecule is CC(C)(O)C12CC3CC(CC(COC(=O)C(F)(F)SOOO)(C3)C1)C2. The van der Waals surface area contributed by atoms with Gasteiger partial charge in [-0.2, -0.15) is 8.78 Å². The summed E-state index contributed by atoms with van der Waals surface area (Å²) in [6.45, 7) is 3.54. The van der Waals surface area contributed by atoms with Gasteiger partial charge in [0.2, 0.25) is 0 Å². The van der Waals surface area contributed by atoms with E-state index in [0.29, 0.717) is 18.3 Å². The molecule has 9 heteroatoms. The molecular formula is C16H24F2O6S. The summed E-state index contributed by atoms with van der Waals surface area (Å²) in [5.41, 5.74) is -1.45. The Hall–Kier alpha value is -0.480. The zero-order chi connectivity index (χ0) is 18.5. The van der Waals surface area contributed by atoms with Crippen LogP contribution >= 0.6 is 12.0 Å². The van der Waals surface area contributed by atoms with Crippen molar-refractivity contribution in [1.29, 1.82) is 0 Å². The van der Waals surface area contributed by atoms with Gasteiger partial charge < -0.3 is 9.84 Å². The van der Waals surface area contributed by atoms with E-state index >= 15 is 0 Å². The Bertz CT molecular complexity index is 521. The van der Waals surface area contributed by atoms with E-state index in [1.807, 2.05) is 13.8 Å². The Morgan fingerprint density at radius 2 is 1.84 bits per heavy atom. The van der Waals surface area contributed by atoms with Crippen LogP contribution in [0.25, 0.3) is 0 Å². The summed E-state index contributed by atoms with van der Waals surface area (Å²) >= 11 is -0.613. The second-order valence-corrected chi connectivity index (χ2v) is 9.43. The first-order valence-electron chi connectivity index (χ1n) is 8.44. The summed E-state index contributed by atoms with van der Waals surface area (Å²) < 4.78 is 35.7. The van der Waals surface area contributed by atoms with Gasteiger partial charge in [-0.15, -0.1) is 4.33 Å². The van der Waals surface area contributed by atoms with E-state index in [2.05, 4.69) is 9.37 Å². The van der Waals surface area contributed by atoms with Crippen LogP contribution in [0.1, 0.15) is 52.4 Å². The van der Waals surface area contributed by atoms with Gasteiger partial charge in [-0.1, -0.05) is 5.04 Å². The minimum absolute atomic E-state index is 0.0905. The first-order valence-corrected chi connectivity index (χ1v) is 9.18. The summed E-state index contributed by atoms with van der Waals surface area (Å²) in [6, 6.07) is 0. The van der Waals surface area contributed by atoms with Gasteiger partial charge in [-0.3, -0.25) is 0 Å². The summed E-state index contributed by atoms with van der Waals surface area (Å²) in [4.78, 5) is 11.7. The van der Waals surface area contributed by atoms with Gasteiger partial charge in [0.1, 0.15) is 12.0 Å². The van der Waals surface area contributed by atoms with Crippen LogP contribution in [0, 0.1) is 22.7 Å². The van der Waals surface area contributed by atoms with Crippen molar-refractivity contribution >= 4 is 18.0 Å². The fraction of sp³-hybridized carbons (Fsp3) is 0.938. The molecule has 2 unspecified atom stereocenters. The summed E-state index contributed by atoms with van der Waals surface area (Å²) in [5.74, 6) is -0.845. The van der Waals surface area contributed by atoms with Gasteiger partial charge in [0, 0.05) is 5.41 Å². The van der Waals surface area contributed by atoms with Crippen molar-refractivity contribution in [2.24, 2.45) is 22.7 Å². The molecule has 6 nitrogen and oxygen atoms in total. The zero-order valence-electron chi connectivity index (χ0n) is 14.3. The second kappa shape index (κ2) is 6.30. The van der Waals surface area contributed by atoms with Crippen molar-refractivity contribution in [2.45, 2.75) is 63.2 Å². The van der Waals surface area contributed by atoms with Crippen LogP contribution in [-0.4, -0.2) is 33.8 Å². The molecule has 2 atom stereocenters. The number of carbonyl (C=O) groups is 1. The van der Waals surface area contributed by atoms with Gasteiger partial charge in [-0.05, 0) is 69.6 Å². The van der Waals surface area contributed by atoms with Gasteiger partial charge in [0.05, 0.1) is 12.2 Å². The molecule has 0 radical (unpaired) electrons. The average molecular weight is 382 g/mol. The molecular weight excluding hydrogens is 358 g/mol. The maximum Gasteiger partial charge on any atom is 0.415 e. The predicted octanol–water partition coefficient (Wildman–Crippen LogP) is 3.55. The topological polar surface area (TPSA) is 85.2 Å². The third-order valence-corrected chi connectivity index (χ3v) is 6.90. The maximum atomic E-state index is 13.6. The molecule has 144 valence electrons. The van der Waals surface area contributed by atoms with Crippen LogP contribution in [0.15, 0.2) is 0 Å². The van der Waals surface area contributed by atoms with Crippen molar-refractivity contribution in [2.75, 3.05) is 6.61 Å². The number of hydrogen-bond acceptors (Lipinski definition) is 7. The van der Waals surface area contributed by atoms with E-state index in [1.165, 1.54) is 0 Å². The molecule has 4 aliphatic carbocycles. The molecule has 0 amide bonds. The molecule has 4 rings (SSSR count). The van der Waals surface area contributed by atoms with Crippen molar-refractivity contribution in [1.82, 2.24) is 0 Å². The van der Waals surface area contributed by atoms with E-state index in [0.717, 1.165) is 32.1 Å². The largest absolute Gasteiger partial charge is 0.460 e. The summed E-state index contributed by atoms with van der Waals surface area (Å²) in [5, 5.41) is 17.8. The quantitative estimate of drug-likeness (QED) is 0.301. The molecule has 4 aliphatic rings. The van der Waals surface area contributed by atoms with Crippen LogP contribution in [0.2, 0.25) is 0 Å². The Morgan fingerprint density at radius 3 is 2.36 bits per heavy atom. The summed E-state index contributed by atoms with van der Waals surface area (Å²) in [6.07, 6.45) is 5.33. The lowest BCUT2D eigenvalue weighted by Crippen LogP contribution is -2.60. The minimum Gasteiger partial charge on any atom is -0.460 e. The molecule has 25 heavy (non-hydrogen) atoms. The van der Waals surface area contributed by atoms with E-state index in [-0.39, 0.29) is 17.4 Å². The van der Waals surface area contributed by atoms with E-state index in [9.17, 15) is 18.7 Å². The highest BCUT2D eigenvalue weighted by Gasteiger charge is 2.62. The number of esters is 1. The molecule has 0 heterocycles. The summed E-state index contributed by atoms with van der Waals surface area (Å²) in [7, 11) is 0. The van der Waals surface area contributed by atoms with Crippen LogP contribution in [0.5, 0.6) is 0 Å². The number of ether oxygens (including phenoxy) is 1. The molecule has 4 fully saturated rings. The van der Waals surface area contributed by atoms with Crippen LogP contribution in [0.3, 0.4) is 0 Å². The number of hydrogen-bond donors (Lipinski definition) is 2. The average Bonchev–Trinajstić information content (AvgIpc) is 2.48.